The summed E-state index contributed by atoms with van der Waals surface area (Å²) < 4.78 is 0. The van der Waals surface area contributed by atoms with Crippen LogP contribution in [0.5, 0.6) is 0 Å². The summed E-state index contributed by atoms with van der Waals surface area (Å²) in [5, 5.41) is 0. The molecule has 1 spiro atoms. The van der Waals surface area contributed by atoms with Crippen molar-refractivity contribution < 1.29 is 0 Å². The molecule has 2 atom stereocenters. The van der Waals surface area contributed by atoms with Crippen LogP contribution in [0.3, 0.4) is 0 Å². The average Bonchev–Trinajstić information content (AvgIpc) is 2.65. The SMILES string of the molecule is CC1CCCC2(CC1)CN=C(N)N2Cc1ccccc1. The van der Waals surface area contributed by atoms with Gasteiger partial charge in [0.25, 0.3) is 0 Å². The molecule has 0 amide bonds. The molecule has 20 heavy (non-hydrogen) atoms. The highest BCUT2D eigenvalue weighted by atomic mass is 15.4. The van der Waals surface area contributed by atoms with Gasteiger partial charge in [0.2, 0.25) is 0 Å². The second-order valence-corrected chi connectivity index (χ2v) is 6.51. The van der Waals surface area contributed by atoms with Gasteiger partial charge in [0, 0.05) is 6.54 Å². The number of benzene rings is 1. The Morgan fingerprint density at radius 2 is 2.05 bits per heavy atom. The number of hydrogen-bond acceptors (Lipinski definition) is 3. The van der Waals surface area contributed by atoms with Crippen molar-refractivity contribution in [1.82, 2.24) is 4.90 Å². The number of rotatable bonds is 2. The Hall–Kier alpha value is -1.51. The molecule has 1 saturated carbocycles. The van der Waals surface area contributed by atoms with E-state index in [-0.39, 0.29) is 5.54 Å². The summed E-state index contributed by atoms with van der Waals surface area (Å²) in [5.74, 6) is 1.58. The standard InChI is InChI=1S/C17H25N3/c1-14-6-5-10-17(11-9-14)13-19-16(18)20(17)12-15-7-3-2-4-8-15/h2-4,7-8,14H,5-6,9-13H2,1H3,(H2,18,19). The van der Waals surface area contributed by atoms with Crippen molar-refractivity contribution in [2.45, 2.75) is 51.1 Å². The van der Waals surface area contributed by atoms with Gasteiger partial charge >= 0.3 is 0 Å². The van der Waals surface area contributed by atoms with Crippen LogP contribution >= 0.6 is 0 Å². The maximum atomic E-state index is 6.19. The zero-order valence-electron chi connectivity index (χ0n) is 12.4. The fraction of sp³-hybridized carbons (Fsp3) is 0.588. The summed E-state index contributed by atoms with van der Waals surface area (Å²) in [6.07, 6.45) is 6.41. The lowest BCUT2D eigenvalue weighted by Gasteiger charge is -2.39. The van der Waals surface area contributed by atoms with Crippen LogP contribution in [0.25, 0.3) is 0 Å². The Kier molecular flexibility index (Phi) is 3.68. The van der Waals surface area contributed by atoms with Gasteiger partial charge in [-0.15, -0.1) is 0 Å². The lowest BCUT2D eigenvalue weighted by atomic mass is 9.88. The van der Waals surface area contributed by atoms with Gasteiger partial charge in [0.15, 0.2) is 5.96 Å². The largest absolute Gasteiger partial charge is 0.370 e. The molecule has 1 heterocycles. The lowest BCUT2D eigenvalue weighted by molar-refractivity contribution is 0.166. The van der Waals surface area contributed by atoms with E-state index in [0.717, 1.165) is 25.0 Å². The first kappa shape index (κ1) is 13.5. The average molecular weight is 271 g/mol. The van der Waals surface area contributed by atoms with E-state index in [1.165, 1.54) is 37.7 Å². The van der Waals surface area contributed by atoms with Gasteiger partial charge in [-0.2, -0.15) is 0 Å². The van der Waals surface area contributed by atoms with Crippen LogP contribution in [0.2, 0.25) is 0 Å². The molecule has 0 aromatic heterocycles. The summed E-state index contributed by atoms with van der Waals surface area (Å²) in [4.78, 5) is 6.95. The van der Waals surface area contributed by atoms with E-state index in [4.69, 9.17) is 5.73 Å². The van der Waals surface area contributed by atoms with Gasteiger partial charge < -0.3 is 10.6 Å². The summed E-state index contributed by atoms with van der Waals surface area (Å²) in [6.45, 7) is 4.16. The van der Waals surface area contributed by atoms with Crippen LogP contribution in [0, 0.1) is 5.92 Å². The fourth-order valence-corrected chi connectivity index (χ4v) is 3.65. The third kappa shape index (κ3) is 2.54. The third-order valence-corrected chi connectivity index (χ3v) is 5.01. The number of nitrogens with zero attached hydrogens (tertiary/aromatic N) is 2. The van der Waals surface area contributed by atoms with Gasteiger partial charge in [0.05, 0.1) is 12.1 Å². The summed E-state index contributed by atoms with van der Waals surface area (Å²) in [5.41, 5.74) is 7.70. The molecule has 1 aromatic carbocycles. The molecule has 0 saturated heterocycles. The summed E-state index contributed by atoms with van der Waals surface area (Å²) in [6, 6.07) is 10.6. The van der Waals surface area contributed by atoms with Gasteiger partial charge in [-0.25, -0.2) is 0 Å². The van der Waals surface area contributed by atoms with Crippen molar-refractivity contribution in [2.24, 2.45) is 16.6 Å². The summed E-state index contributed by atoms with van der Waals surface area (Å²) >= 11 is 0. The van der Waals surface area contributed by atoms with Crippen molar-refractivity contribution in [3.63, 3.8) is 0 Å². The molecule has 2 unspecified atom stereocenters. The normalized spacial score (nSPS) is 30.4. The van der Waals surface area contributed by atoms with E-state index < -0.39 is 0 Å². The first-order valence-corrected chi connectivity index (χ1v) is 7.81. The molecule has 0 bridgehead atoms. The molecule has 1 aliphatic carbocycles. The predicted molar refractivity (Wildman–Crippen MR) is 83.5 cm³/mol. The van der Waals surface area contributed by atoms with Gasteiger partial charge in [0.1, 0.15) is 0 Å². The van der Waals surface area contributed by atoms with Gasteiger partial charge in [-0.1, -0.05) is 50.1 Å². The molecule has 1 aliphatic heterocycles. The quantitative estimate of drug-likeness (QED) is 0.897. The number of aliphatic imine (C=N–C) groups is 1. The molecular weight excluding hydrogens is 246 g/mol. The van der Waals surface area contributed by atoms with Crippen LogP contribution < -0.4 is 5.73 Å². The monoisotopic (exact) mass is 271 g/mol. The molecule has 0 radical (unpaired) electrons. The van der Waals surface area contributed by atoms with Crippen molar-refractivity contribution in [2.75, 3.05) is 6.54 Å². The lowest BCUT2D eigenvalue weighted by Crippen LogP contribution is -2.50. The van der Waals surface area contributed by atoms with E-state index in [0.29, 0.717) is 0 Å². The first-order valence-electron chi connectivity index (χ1n) is 7.81. The Morgan fingerprint density at radius 3 is 2.85 bits per heavy atom. The maximum absolute atomic E-state index is 6.19. The topological polar surface area (TPSA) is 41.6 Å². The molecule has 1 aromatic rings. The highest BCUT2D eigenvalue weighted by molar-refractivity contribution is 5.81. The Labute approximate surface area is 121 Å². The number of guanidine groups is 1. The number of nitrogens with two attached hydrogens (primary N) is 1. The predicted octanol–water partition coefficient (Wildman–Crippen LogP) is 3.16. The van der Waals surface area contributed by atoms with E-state index >= 15 is 0 Å². The third-order valence-electron chi connectivity index (χ3n) is 5.01. The smallest absolute Gasteiger partial charge is 0.192 e. The molecule has 3 nitrogen and oxygen atoms in total. The van der Waals surface area contributed by atoms with Crippen LogP contribution in [0.1, 0.15) is 44.6 Å². The van der Waals surface area contributed by atoms with Crippen molar-refractivity contribution in [3.8, 4) is 0 Å². The Balaban J connectivity index is 1.80. The molecule has 3 rings (SSSR count). The summed E-state index contributed by atoms with van der Waals surface area (Å²) in [7, 11) is 0. The Bertz CT molecular complexity index is 482. The maximum Gasteiger partial charge on any atom is 0.192 e. The molecule has 108 valence electrons. The van der Waals surface area contributed by atoms with Crippen molar-refractivity contribution in [3.05, 3.63) is 35.9 Å². The zero-order chi connectivity index (χ0) is 14.0. The van der Waals surface area contributed by atoms with Crippen LogP contribution in [0.4, 0.5) is 0 Å². The van der Waals surface area contributed by atoms with Crippen molar-refractivity contribution >= 4 is 5.96 Å². The molecule has 2 N–H and O–H groups in total. The van der Waals surface area contributed by atoms with E-state index in [1.54, 1.807) is 0 Å². The highest BCUT2D eigenvalue weighted by Gasteiger charge is 2.42. The second kappa shape index (κ2) is 5.47. The molecule has 1 fully saturated rings. The van der Waals surface area contributed by atoms with Crippen LogP contribution in [0.15, 0.2) is 35.3 Å². The first-order chi connectivity index (χ1) is 9.70. The minimum Gasteiger partial charge on any atom is -0.370 e. The fourth-order valence-electron chi connectivity index (χ4n) is 3.65. The van der Waals surface area contributed by atoms with Gasteiger partial charge in [-0.3, -0.25) is 4.99 Å². The van der Waals surface area contributed by atoms with E-state index in [1.807, 2.05) is 0 Å². The molecule has 2 aliphatic rings. The minimum atomic E-state index is 0.185. The zero-order valence-corrected chi connectivity index (χ0v) is 12.4. The van der Waals surface area contributed by atoms with Crippen LogP contribution in [-0.2, 0) is 6.54 Å². The van der Waals surface area contributed by atoms with E-state index in [2.05, 4.69) is 47.1 Å². The van der Waals surface area contributed by atoms with Crippen molar-refractivity contribution in [1.29, 1.82) is 0 Å². The van der Waals surface area contributed by atoms with E-state index in [9.17, 15) is 0 Å². The van der Waals surface area contributed by atoms with Gasteiger partial charge in [-0.05, 0) is 30.7 Å². The minimum absolute atomic E-state index is 0.185. The number of hydrogen-bond donors (Lipinski definition) is 1. The molecule has 3 heteroatoms. The molecular formula is C17H25N3. The Morgan fingerprint density at radius 1 is 1.25 bits per heavy atom. The highest BCUT2D eigenvalue weighted by Crippen LogP contribution is 2.38. The van der Waals surface area contributed by atoms with Crippen LogP contribution in [-0.4, -0.2) is 22.9 Å². The second-order valence-electron chi connectivity index (χ2n) is 6.51.